The third-order valence-electron chi connectivity index (χ3n) is 1.77. The van der Waals surface area contributed by atoms with Gasteiger partial charge in [-0.25, -0.2) is 0 Å². The van der Waals surface area contributed by atoms with E-state index in [9.17, 15) is 5.11 Å². The van der Waals surface area contributed by atoms with Gasteiger partial charge in [-0.2, -0.15) is 0 Å². The summed E-state index contributed by atoms with van der Waals surface area (Å²) in [6, 6.07) is 3.47. The van der Waals surface area contributed by atoms with E-state index < -0.39 is 0 Å². The maximum atomic E-state index is 9.63. The molecule has 0 bridgehead atoms. The van der Waals surface area contributed by atoms with Gasteiger partial charge in [0, 0.05) is 0 Å². The van der Waals surface area contributed by atoms with Crippen molar-refractivity contribution in [3.05, 3.63) is 28.2 Å². The molecule has 3 nitrogen and oxygen atoms in total. The van der Waals surface area contributed by atoms with Crippen LogP contribution in [0.25, 0.3) is 6.08 Å². The number of halogens is 1. The summed E-state index contributed by atoms with van der Waals surface area (Å²) >= 11 is 3.23. The van der Waals surface area contributed by atoms with E-state index in [0.717, 1.165) is 5.56 Å². The fourth-order valence-electron chi connectivity index (χ4n) is 1.14. The van der Waals surface area contributed by atoms with Crippen LogP contribution >= 0.6 is 15.9 Å². The summed E-state index contributed by atoms with van der Waals surface area (Å²) in [5, 5.41) is 18.3. The predicted molar refractivity (Wildman–Crippen MR) is 63.1 cm³/mol. The zero-order valence-electron chi connectivity index (χ0n) is 8.40. The van der Waals surface area contributed by atoms with Crippen molar-refractivity contribution in [3.8, 4) is 11.5 Å². The molecule has 0 amide bonds. The Kier molecular flexibility index (Phi) is 4.65. The van der Waals surface area contributed by atoms with Crippen molar-refractivity contribution in [1.82, 2.24) is 0 Å². The molecule has 0 aromatic heterocycles. The number of ether oxygens (including phenoxy) is 1. The first-order valence-electron chi connectivity index (χ1n) is 4.61. The number of rotatable bonds is 4. The van der Waals surface area contributed by atoms with Crippen molar-refractivity contribution < 1.29 is 14.9 Å². The van der Waals surface area contributed by atoms with Crippen LogP contribution in [-0.2, 0) is 0 Å². The highest BCUT2D eigenvalue weighted by Crippen LogP contribution is 2.35. The molecule has 0 aliphatic carbocycles. The number of phenols is 1. The Bertz CT molecular complexity index is 361. The molecule has 0 heterocycles. The normalized spacial score (nSPS) is 10.9. The minimum atomic E-state index is -0.0114. The molecule has 0 saturated heterocycles. The van der Waals surface area contributed by atoms with Crippen LogP contribution in [0.2, 0.25) is 0 Å². The fraction of sp³-hybridized carbons (Fsp3) is 0.273. The van der Waals surface area contributed by atoms with Gasteiger partial charge in [0.15, 0.2) is 11.5 Å². The third kappa shape index (κ3) is 3.25. The van der Waals surface area contributed by atoms with Crippen molar-refractivity contribution in [2.45, 2.75) is 6.92 Å². The topological polar surface area (TPSA) is 49.7 Å². The second kappa shape index (κ2) is 5.78. The highest BCUT2D eigenvalue weighted by Gasteiger charge is 2.07. The van der Waals surface area contributed by atoms with Crippen LogP contribution < -0.4 is 4.74 Å². The number of aliphatic hydroxyl groups is 1. The summed E-state index contributed by atoms with van der Waals surface area (Å²) < 4.78 is 5.84. The van der Waals surface area contributed by atoms with Crippen LogP contribution in [0.3, 0.4) is 0 Å². The van der Waals surface area contributed by atoms with E-state index in [1.807, 2.05) is 6.92 Å². The Hall–Kier alpha value is -1.00. The number of aliphatic hydroxyl groups excluding tert-OH is 1. The zero-order valence-corrected chi connectivity index (χ0v) is 9.99. The minimum absolute atomic E-state index is 0.0114. The molecule has 0 fully saturated rings. The fourth-order valence-corrected chi connectivity index (χ4v) is 1.60. The molecule has 0 aliphatic heterocycles. The lowest BCUT2D eigenvalue weighted by molar-refractivity contribution is 0.317. The van der Waals surface area contributed by atoms with Crippen molar-refractivity contribution >= 4 is 22.0 Å². The summed E-state index contributed by atoms with van der Waals surface area (Å²) in [5.74, 6) is 0.530. The Morgan fingerprint density at radius 3 is 2.80 bits per heavy atom. The van der Waals surface area contributed by atoms with Gasteiger partial charge in [-0.3, -0.25) is 0 Å². The molecular weight excluding hydrogens is 260 g/mol. The molecule has 1 aromatic carbocycles. The average Bonchev–Trinajstić information content (AvgIpc) is 2.22. The van der Waals surface area contributed by atoms with Gasteiger partial charge >= 0.3 is 0 Å². The zero-order chi connectivity index (χ0) is 11.3. The van der Waals surface area contributed by atoms with Crippen LogP contribution in [-0.4, -0.2) is 23.4 Å². The lowest BCUT2D eigenvalue weighted by Crippen LogP contribution is -1.92. The first-order chi connectivity index (χ1) is 7.19. The molecule has 4 heteroatoms. The van der Waals surface area contributed by atoms with Crippen molar-refractivity contribution in [3.63, 3.8) is 0 Å². The van der Waals surface area contributed by atoms with Crippen LogP contribution in [0.5, 0.6) is 11.5 Å². The number of benzene rings is 1. The largest absolute Gasteiger partial charge is 0.503 e. The Morgan fingerprint density at radius 1 is 1.47 bits per heavy atom. The first kappa shape index (κ1) is 12.1. The SMILES string of the molecule is CCOc1cc(/C=C/CO)cc(Br)c1O. The molecule has 0 aliphatic rings. The van der Waals surface area contributed by atoms with Crippen LogP contribution in [0.4, 0.5) is 0 Å². The van der Waals surface area contributed by atoms with Crippen molar-refractivity contribution in [2.24, 2.45) is 0 Å². The number of hydrogen-bond donors (Lipinski definition) is 2. The molecule has 15 heavy (non-hydrogen) atoms. The van der Waals surface area contributed by atoms with Crippen LogP contribution in [0, 0.1) is 0 Å². The summed E-state index contributed by atoms with van der Waals surface area (Å²) in [6.07, 6.45) is 3.38. The van der Waals surface area contributed by atoms with Crippen LogP contribution in [0.1, 0.15) is 12.5 Å². The van der Waals surface area contributed by atoms with E-state index in [2.05, 4.69) is 15.9 Å². The Morgan fingerprint density at radius 2 is 2.20 bits per heavy atom. The second-order valence-corrected chi connectivity index (χ2v) is 3.72. The molecule has 82 valence electrons. The van der Waals surface area contributed by atoms with Crippen molar-refractivity contribution in [2.75, 3.05) is 13.2 Å². The second-order valence-electron chi connectivity index (χ2n) is 2.87. The maximum Gasteiger partial charge on any atom is 0.172 e. The van der Waals surface area contributed by atoms with Crippen molar-refractivity contribution in [1.29, 1.82) is 0 Å². The van der Waals surface area contributed by atoms with E-state index >= 15 is 0 Å². The summed E-state index contributed by atoms with van der Waals surface area (Å²) in [6.45, 7) is 2.33. The molecule has 0 saturated carbocycles. The molecule has 0 radical (unpaired) electrons. The average molecular weight is 273 g/mol. The number of aromatic hydroxyl groups is 1. The molecule has 1 rings (SSSR count). The lowest BCUT2D eigenvalue weighted by atomic mass is 10.2. The number of hydrogen-bond acceptors (Lipinski definition) is 3. The molecule has 0 unspecified atom stereocenters. The van der Waals surface area contributed by atoms with Gasteiger partial charge in [0.05, 0.1) is 17.7 Å². The monoisotopic (exact) mass is 272 g/mol. The molecule has 2 N–H and O–H groups in total. The maximum absolute atomic E-state index is 9.63. The summed E-state index contributed by atoms with van der Waals surface area (Å²) in [4.78, 5) is 0. The van der Waals surface area contributed by atoms with Gasteiger partial charge in [0.1, 0.15) is 0 Å². The van der Waals surface area contributed by atoms with Gasteiger partial charge in [0.2, 0.25) is 0 Å². The van der Waals surface area contributed by atoms with Gasteiger partial charge < -0.3 is 14.9 Å². The minimum Gasteiger partial charge on any atom is -0.503 e. The molecule has 0 spiro atoms. The van der Waals surface area contributed by atoms with E-state index in [4.69, 9.17) is 9.84 Å². The van der Waals surface area contributed by atoms with Gasteiger partial charge in [-0.1, -0.05) is 12.2 Å². The summed E-state index contributed by atoms with van der Waals surface area (Å²) in [5.41, 5.74) is 0.858. The van der Waals surface area contributed by atoms with E-state index in [1.165, 1.54) is 0 Å². The quantitative estimate of drug-likeness (QED) is 0.886. The Labute approximate surface area is 97.1 Å². The van der Waals surface area contributed by atoms with Gasteiger partial charge in [-0.15, -0.1) is 0 Å². The highest BCUT2D eigenvalue weighted by atomic mass is 79.9. The van der Waals surface area contributed by atoms with Gasteiger partial charge in [-0.05, 0) is 40.5 Å². The predicted octanol–water partition coefficient (Wildman–Crippen LogP) is 2.56. The van der Waals surface area contributed by atoms with E-state index in [0.29, 0.717) is 16.8 Å². The molecule has 1 aromatic rings. The molecular formula is C11H13BrO3. The smallest absolute Gasteiger partial charge is 0.172 e. The van der Waals surface area contributed by atoms with E-state index in [1.54, 1.807) is 24.3 Å². The first-order valence-corrected chi connectivity index (χ1v) is 5.41. The standard InChI is InChI=1S/C11H13BrO3/c1-2-15-10-7-8(4-3-5-13)6-9(12)11(10)14/h3-4,6-7,13-14H,2,5H2,1H3/b4-3+. The third-order valence-corrected chi connectivity index (χ3v) is 2.37. The summed E-state index contributed by atoms with van der Waals surface area (Å²) in [7, 11) is 0. The van der Waals surface area contributed by atoms with Gasteiger partial charge in [0.25, 0.3) is 0 Å². The van der Waals surface area contributed by atoms with E-state index in [-0.39, 0.29) is 12.4 Å². The lowest BCUT2D eigenvalue weighted by Gasteiger charge is -2.08. The molecule has 0 atom stereocenters. The highest BCUT2D eigenvalue weighted by molar-refractivity contribution is 9.10. The van der Waals surface area contributed by atoms with Crippen LogP contribution in [0.15, 0.2) is 22.7 Å². The number of phenolic OH excluding ortho intramolecular Hbond substituents is 1. The Balaban J connectivity index is 3.05.